The smallest absolute Gasteiger partial charge is 0.392 e. The molecule has 0 amide bonds. The highest BCUT2D eigenvalue weighted by atomic mass is 79.9. The Morgan fingerprint density at radius 3 is 2.28 bits per heavy atom. The van der Waals surface area contributed by atoms with Crippen LogP contribution in [0.2, 0.25) is 0 Å². The summed E-state index contributed by atoms with van der Waals surface area (Å²) in [7, 11) is 0. The van der Waals surface area contributed by atoms with E-state index in [4.69, 9.17) is 5.11 Å². The van der Waals surface area contributed by atoms with Crippen LogP contribution >= 0.6 is 15.9 Å². The van der Waals surface area contributed by atoms with Gasteiger partial charge in [-0.25, -0.2) is 0 Å². The van der Waals surface area contributed by atoms with Crippen LogP contribution in [0.4, 0.5) is 13.2 Å². The Morgan fingerprint density at radius 1 is 1.22 bits per heavy atom. The zero-order valence-corrected chi connectivity index (χ0v) is 10.7. The molecule has 1 rings (SSSR count). The number of aliphatic hydroxyl groups is 3. The van der Waals surface area contributed by atoms with Gasteiger partial charge in [-0.15, -0.1) is 0 Å². The van der Waals surface area contributed by atoms with Crippen molar-refractivity contribution >= 4 is 15.9 Å². The average Bonchev–Trinajstić information content (AvgIpc) is 2.35. The van der Waals surface area contributed by atoms with Crippen LogP contribution in [-0.2, 0) is 12.8 Å². The molecule has 0 fully saturated rings. The van der Waals surface area contributed by atoms with Gasteiger partial charge >= 0.3 is 6.18 Å². The van der Waals surface area contributed by atoms with E-state index < -0.39 is 30.6 Å². The second-order valence-corrected chi connectivity index (χ2v) is 4.38. The number of hydrogen-bond acceptors (Lipinski definition) is 3. The van der Waals surface area contributed by atoms with Gasteiger partial charge in [0.2, 0.25) is 0 Å². The molecule has 0 aliphatic rings. The molecule has 0 aromatic heterocycles. The molecular weight excluding hydrogens is 317 g/mol. The van der Waals surface area contributed by atoms with E-state index in [0.29, 0.717) is 0 Å². The van der Waals surface area contributed by atoms with E-state index in [1.54, 1.807) is 0 Å². The monoisotopic (exact) mass is 328 g/mol. The molecule has 0 spiro atoms. The van der Waals surface area contributed by atoms with E-state index in [1.807, 2.05) is 0 Å². The Bertz CT molecular complexity index is 409. The van der Waals surface area contributed by atoms with Gasteiger partial charge in [0.05, 0.1) is 18.3 Å². The summed E-state index contributed by atoms with van der Waals surface area (Å²) >= 11 is 2.95. The molecule has 7 heteroatoms. The fourth-order valence-corrected chi connectivity index (χ4v) is 1.85. The summed E-state index contributed by atoms with van der Waals surface area (Å²) in [6.45, 7) is -0.648. The number of rotatable bonds is 4. The Kier molecular flexibility index (Phi) is 5.15. The summed E-state index contributed by atoms with van der Waals surface area (Å²) < 4.78 is 37.4. The fraction of sp³-hybridized carbons (Fsp3) is 0.455. The van der Waals surface area contributed by atoms with Crippen LogP contribution in [-0.4, -0.2) is 26.8 Å². The van der Waals surface area contributed by atoms with Crippen molar-refractivity contribution < 1.29 is 28.5 Å². The average molecular weight is 329 g/mol. The van der Waals surface area contributed by atoms with Gasteiger partial charge in [0.15, 0.2) is 0 Å². The van der Waals surface area contributed by atoms with Crippen molar-refractivity contribution in [3.8, 4) is 0 Å². The minimum atomic E-state index is -4.51. The first-order chi connectivity index (χ1) is 8.31. The van der Waals surface area contributed by atoms with Crippen LogP contribution in [0.5, 0.6) is 0 Å². The molecule has 0 heterocycles. The van der Waals surface area contributed by atoms with Crippen molar-refractivity contribution in [2.45, 2.75) is 25.0 Å². The van der Waals surface area contributed by atoms with Crippen LogP contribution in [0.1, 0.15) is 22.8 Å². The van der Waals surface area contributed by atoms with Gasteiger partial charge in [0, 0.05) is 5.33 Å². The highest BCUT2D eigenvalue weighted by Crippen LogP contribution is 2.32. The van der Waals surface area contributed by atoms with Gasteiger partial charge in [0.25, 0.3) is 0 Å². The molecule has 3 N–H and O–H groups in total. The topological polar surface area (TPSA) is 60.7 Å². The Labute approximate surface area is 110 Å². The SMILES string of the molecule is OCc1cc(C(F)(F)F)ccc1C(O)C(O)CBr. The number of alkyl halides is 4. The summed E-state index contributed by atoms with van der Waals surface area (Å²) in [4.78, 5) is 0. The molecule has 0 saturated carbocycles. The number of aliphatic hydroxyl groups excluding tert-OH is 3. The number of hydrogen-bond donors (Lipinski definition) is 3. The third kappa shape index (κ3) is 3.44. The van der Waals surface area contributed by atoms with Crippen molar-refractivity contribution in [1.29, 1.82) is 0 Å². The second kappa shape index (κ2) is 6.01. The van der Waals surface area contributed by atoms with Crippen molar-refractivity contribution in [2.75, 3.05) is 5.33 Å². The lowest BCUT2D eigenvalue weighted by Crippen LogP contribution is -2.21. The van der Waals surface area contributed by atoms with Crippen LogP contribution in [0.25, 0.3) is 0 Å². The first-order valence-electron chi connectivity index (χ1n) is 5.04. The van der Waals surface area contributed by atoms with E-state index in [9.17, 15) is 23.4 Å². The summed E-state index contributed by atoms with van der Waals surface area (Å²) in [6, 6.07) is 2.63. The van der Waals surface area contributed by atoms with Crippen LogP contribution in [0.15, 0.2) is 18.2 Å². The van der Waals surface area contributed by atoms with Crippen LogP contribution in [0, 0.1) is 0 Å². The van der Waals surface area contributed by atoms with Crippen LogP contribution in [0.3, 0.4) is 0 Å². The van der Waals surface area contributed by atoms with E-state index in [2.05, 4.69) is 15.9 Å². The summed E-state index contributed by atoms with van der Waals surface area (Å²) in [6.07, 6.45) is -7.03. The molecule has 102 valence electrons. The summed E-state index contributed by atoms with van der Waals surface area (Å²) in [5.74, 6) is 0. The lowest BCUT2D eigenvalue weighted by molar-refractivity contribution is -0.137. The zero-order chi connectivity index (χ0) is 13.9. The minimum absolute atomic E-state index is 0.0580. The molecule has 0 aliphatic heterocycles. The van der Waals surface area contributed by atoms with Gasteiger partial charge in [-0.2, -0.15) is 13.2 Å². The Balaban J connectivity index is 3.15. The molecule has 3 nitrogen and oxygen atoms in total. The third-order valence-corrected chi connectivity index (χ3v) is 3.15. The first kappa shape index (κ1) is 15.4. The maximum absolute atomic E-state index is 12.5. The largest absolute Gasteiger partial charge is 0.416 e. The van der Waals surface area contributed by atoms with Crippen LogP contribution < -0.4 is 0 Å². The van der Waals surface area contributed by atoms with Crippen molar-refractivity contribution in [3.05, 3.63) is 34.9 Å². The third-order valence-electron chi connectivity index (χ3n) is 2.48. The quantitative estimate of drug-likeness (QED) is 0.741. The fourth-order valence-electron chi connectivity index (χ4n) is 1.50. The van der Waals surface area contributed by atoms with E-state index in [-0.39, 0.29) is 16.5 Å². The van der Waals surface area contributed by atoms with E-state index in [0.717, 1.165) is 18.2 Å². The second-order valence-electron chi connectivity index (χ2n) is 3.74. The normalized spacial score (nSPS) is 15.5. The standard InChI is InChI=1S/C11H12BrF3O3/c12-4-9(17)10(18)8-2-1-7(11(13,14)15)3-6(8)5-16/h1-3,9-10,16-18H,4-5H2. The molecule has 1 aromatic rings. The van der Waals surface area contributed by atoms with Gasteiger partial charge in [-0.1, -0.05) is 22.0 Å². The Morgan fingerprint density at radius 2 is 1.83 bits per heavy atom. The Hall–Kier alpha value is -0.630. The molecule has 1 aromatic carbocycles. The molecule has 2 atom stereocenters. The summed E-state index contributed by atoms with van der Waals surface area (Å²) in [5.41, 5.74) is -0.884. The van der Waals surface area contributed by atoms with E-state index in [1.165, 1.54) is 0 Å². The molecule has 0 aliphatic carbocycles. The first-order valence-corrected chi connectivity index (χ1v) is 6.16. The molecule has 18 heavy (non-hydrogen) atoms. The van der Waals surface area contributed by atoms with Gasteiger partial charge in [-0.3, -0.25) is 0 Å². The molecule has 0 saturated heterocycles. The predicted octanol–water partition coefficient (Wildman–Crippen LogP) is 1.99. The predicted molar refractivity (Wildman–Crippen MR) is 62.1 cm³/mol. The van der Waals surface area contributed by atoms with Gasteiger partial charge in [0.1, 0.15) is 6.10 Å². The molecular formula is C11H12BrF3O3. The number of benzene rings is 1. The lowest BCUT2D eigenvalue weighted by Gasteiger charge is -2.19. The van der Waals surface area contributed by atoms with Gasteiger partial charge in [-0.05, 0) is 23.3 Å². The maximum Gasteiger partial charge on any atom is 0.416 e. The van der Waals surface area contributed by atoms with Crippen molar-refractivity contribution in [2.24, 2.45) is 0 Å². The molecule has 0 radical (unpaired) electrons. The minimum Gasteiger partial charge on any atom is -0.392 e. The number of halogens is 4. The lowest BCUT2D eigenvalue weighted by atomic mass is 9.97. The highest BCUT2D eigenvalue weighted by molar-refractivity contribution is 9.09. The molecule has 0 bridgehead atoms. The highest BCUT2D eigenvalue weighted by Gasteiger charge is 2.31. The maximum atomic E-state index is 12.5. The van der Waals surface area contributed by atoms with Crippen molar-refractivity contribution in [3.63, 3.8) is 0 Å². The van der Waals surface area contributed by atoms with Gasteiger partial charge < -0.3 is 15.3 Å². The van der Waals surface area contributed by atoms with Crippen molar-refractivity contribution in [1.82, 2.24) is 0 Å². The molecule has 2 unspecified atom stereocenters. The van der Waals surface area contributed by atoms with E-state index >= 15 is 0 Å². The summed E-state index contributed by atoms with van der Waals surface area (Å²) in [5, 5.41) is 28.3. The zero-order valence-electron chi connectivity index (χ0n) is 9.15.